The van der Waals surface area contributed by atoms with Gasteiger partial charge in [0.05, 0.1) is 17.6 Å². The zero-order chi connectivity index (χ0) is 10.6. The maximum absolute atomic E-state index is 9.31. The molecule has 0 aromatic carbocycles. The molecule has 0 bridgehead atoms. The molecular formula is C11H20N2O. The lowest BCUT2D eigenvalue weighted by atomic mass is 9.90. The highest BCUT2D eigenvalue weighted by molar-refractivity contribution is 4.91. The van der Waals surface area contributed by atoms with Gasteiger partial charge in [-0.05, 0) is 39.7 Å². The van der Waals surface area contributed by atoms with Crippen molar-refractivity contribution in [3.05, 3.63) is 0 Å². The molecule has 1 aliphatic heterocycles. The zero-order valence-corrected chi connectivity index (χ0v) is 9.16. The van der Waals surface area contributed by atoms with Crippen molar-refractivity contribution in [1.82, 2.24) is 4.90 Å². The molecule has 0 saturated carbocycles. The van der Waals surface area contributed by atoms with Crippen LogP contribution in [0.4, 0.5) is 0 Å². The number of aliphatic hydroxyl groups excluding tert-OH is 1. The summed E-state index contributed by atoms with van der Waals surface area (Å²) >= 11 is 0. The quantitative estimate of drug-likeness (QED) is 0.739. The second kappa shape index (κ2) is 4.77. The van der Waals surface area contributed by atoms with Crippen LogP contribution in [0.25, 0.3) is 0 Å². The average molecular weight is 196 g/mol. The first-order valence-electron chi connectivity index (χ1n) is 5.35. The van der Waals surface area contributed by atoms with Crippen molar-refractivity contribution in [1.29, 1.82) is 5.26 Å². The van der Waals surface area contributed by atoms with E-state index in [1.807, 2.05) is 13.8 Å². The fourth-order valence-corrected chi connectivity index (χ4v) is 1.82. The van der Waals surface area contributed by atoms with E-state index in [4.69, 9.17) is 5.26 Å². The van der Waals surface area contributed by atoms with Gasteiger partial charge in [-0.3, -0.25) is 0 Å². The zero-order valence-electron chi connectivity index (χ0n) is 9.16. The van der Waals surface area contributed by atoms with Gasteiger partial charge in [0.2, 0.25) is 0 Å². The van der Waals surface area contributed by atoms with Crippen LogP contribution in [-0.2, 0) is 0 Å². The van der Waals surface area contributed by atoms with Crippen LogP contribution in [0.1, 0.15) is 33.1 Å². The summed E-state index contributed by atoms with van der Waals surface area (Å²) in [5.74, 6) is 0. The molecule has 1 fully saturated rings. The van der Waals surface area contributed by atoms with Crippen molar-refractivity contribution in [2.45, 2.75) is 39.2 Å². The van der Waals surface area contributed by atoms with Gasteiger partial charge in [-0.1, -0.05) is 0 Å². The van der Waals surface area contributed by atoms with Crippen LogP contribution in [0, 0.1) is 16.7 Å². The minimum absolute atomic E-state index is 0.126. The van der Waals surface area contributed by atoms with Gasteiger partial charge < -0.3 is 10.0 Å². The van der Waals surface area contributed by atoms with Crippen LogP contribution >= 0.6 is 0 Å². The molecule has 1 heterocycles. The van der Waals surface area contributed by atoms with Gasteiger partial charge in [0.25, 0.3) is 0 Å². The fourth-order valence-electron chi connectivity index (χ4n) is 1.82. The Labute approximate surface area is 86.3 Å². The third-order valence-corrected chi connectivity index (χ3v) is 2.83. The SMILES string of the molecule is CC(C)(C#N)CCCN1CCC(O)C1. The molecule has 1 N–H and O–H groups in total. The van der Waals surface area contributed by atoms with E-state index in [1.54, 1.807) is 0 Å². The first kappa shape index (κ1) is 11.5. The Morgan fingerprint density at radius 2 is 2.29 bits per heavy atom. The van der Waals surface area contributed by atoms with Crippen molar-refractivity contribution in [2.75, 3.05) is 19.6 Å². The first-order valence-corrected chi connectivity index (χ1v) is 5.35. The van der Waals surface area contributed by atoms with E-state index < -0.39 is 0 Å². The molecule has 0 aromatic rings. The number of rotatable bonds is 4. The summed E-state index contributed by atoms with van der Waals surface area (Å²) in [5, 5.41) is 18.1. The Hall–Kier alpha value is -0.590. The van der Waals surface area contributed by atoms with Crippen molar-refractivity contribution in [3.63, 3.8) is 0 Å². The van der Waals surface area contributed by atoms with Crippen LogP contribution in [0.15, 0.2) is 0 Å². The monoisotopic (exact) mass is 196 g/mol. The van der Waals surface area contributed by atoms with Crippen LogP contribution in [0.5, 0.6) is 0 Å². The average Bonchev–Trinajstić information content (AvgIpc) is 2.51. The molecule has 1 atom stereocenters. The van der Waals surface area contributed by atoms with Crippen LogP contribution in [0.3, 0.4) is 0 Å². The van der Waals surface area contributed by atoms with Crippen molar-refractivity contribution in [3.8, 4) is 6.07 Å². The van der Waals surface area contributed by atoms with Gasteiger partial charge in [0, 0.05) is 13.1 Å². The number of β-amino-alcohol motifs (C(OH)–C–C–N with tert-alkyl or cyclic N) is 1. The molecule has 1 saturated heterocycles. The molecular weight excluding hydrogens is 176 g/mol. The Balaban J connectivity index is 2.13. The minimum Gasteiger partial charge on any atom is -0.392 e. The summed E-state index contributed by atoms with van der Waals surface area (Å²) in [6.07, 6.45) is 2.77. The van der Waals surface area contributed by atoms with E-state index in [9.17, 15) is 5.11 Å². The van der Waals surface area contributed by atoms with Gasteiger partial charge in [0.1, 0.15) is 0 Å². The topological polar surface area (TPSA) is 47.3 Å². The van der Waals surface area contributed by atoms with Crippen molar-refractivity contribution >= 4 is 0 Å². The lowest BCUT2D eigenvalue weighted by Crippen LogP contribution is -2.24. The van der Waals surface area contributed by atoms with Crippen molar-refractivity contribution in [2.24, 2.45) is 5.41 Å². The molecule has 14 heavy (non-hydrogen) atoms. The highest BCUT2D eigenvalue weighted by atomic mass is 16.3. The first-order chi connectivity index (χ1) is 6.53. The Bertz CT molecular complexity index is 220. The molecule has 0 spiro atoms. The van der Waals surface area contributed by atoms with Crippen LogP contribution in [-0.4, -0.2) is 35.7 Å². The van der Waals surface area contributed by atoms with Gasteiger partial charge >= 0.3 is 0 Å². The fraction of sp³-hybridized carbons (Fsp3) is 0.909. The standard InChI is InChI=1S/C11H20N2O/c1-11(2,9-12)5-3-6-13-7-4-10(14)8-13/h10,14H,3-8H2,1-2H3. The summed E-state index contributed by atoms with van der Waals surface area (Å²) in [4.78, 5) is 2.28. The number of nitriles is 1. The van der Waals surface area contributed by atoms with Crippen molar-refractivity contribution < 1.29 is 5.11 Å². The summed E-state index contributed by atoms with van der Waals surface area (Å²) < 4.78 is 0. The van der Waals surface area contributed by atoms with E-state index in [0.29, 0.717) is 0 Å². The molecule has 3 nitrogen and oxygen atoms in total. The number of hydrogen-bond acceptors (Lipinski definition) is 3. The molecule has 0 aliphatic carbocycles. The lowest BCUT2D eigenvalue weighted by Gasteiger charge is -2.18. The van der Waals surface area contributed by atoms with Gasteiger partial charge in [0.15, 0.2) is 0 Å². The second-order valence-electron chi connectivity index (χ2n) is 4.84. The van der Waals surface area contributed by atoms with Gasteiger partial charge in [-0.25, -0.2) is 0 Å². The van der Waals surface area contributed by atoms with E-state index in [0.717, 1.165) is 38.9 Å². The summed E-state index contributed by atoms with van der Waals surface area (Å²) in [7, 11) is 0. The minimum atomic E-state index is -0.196. The lowest BCUT2D eigenvalue weighted by molar-refractivity contribution is 0.175. The number of aliphatic hydroxyl groups is 1. The predicted octanol–water partition coefficient (Wildman–Crippen LogP) is 1.38. The van der Waals surface area contributed by atoms with Gasteiger partial charge in [-0.15, -0.1) is 0 Å². The molecule has 3 heteroatoms. The summed E-state index contributed by atoms with van der Waals surface area (Å²) in [6, 6.07) is 2.31. The number of nitrogens with zero attached hydrogens (tertiary/aromatic N) is 2. The third kappa shape index (κ3) is 3.65. The third-order valence-electron chi connectivity index (χ3n) is 2.83. The molecule has 0 radical (unpaired) electrons. The normalized spacial score (nSPS) is 23.7. The molecule has 1 rings (SSSR count). The maximum Gasteiger partial charge on any atom is 0.0683 e. The predicted molar refractivity (Wildman–Crippen MR) is 55.7 cm³/mol. The molecule has 1 aliphatic rings. The molecule has 1 unspecified atom stereocenters. The smallest absolute Gasteiger partial charge is 0.0683 e. The molecule has 0 amide bonds. The summed E-state index contributed by atoms with van der Waals surface area (Å²) in [6.45, 7) is 6.79. The highest BCUT2D eigenvalue weighted by Crippen LogP contribution is 2.21. The maximum atomic E-state index is 9.31. The van der Waals surface area contributed by atoms with E-state index in [2.05, 4.69) is 11.0 Å². The molecule has 80 valence electrons. The Kier molecular flexibility index (Phi) is 3.91. The van der Waals surface area contributed by atoms with Crippen LogP contribution in [0.2, 0.25) is 0 Å². The Morgan fingerprint density at radius 3 is 2.79 bits per heavy atom. The molecule has 0 aromatic heterocycles. The van der Waals surface area contributed by atoms with E-state index in [1.165, 1.54) is 0 Å². The highest BCUT2D eigenvalue weighted by Gasteiger charge is 2.21. The van der Waals surface area contributed by atoms with E-state index in [-0.39, 0.29) is 11.5 Å². The number of likely N-dealkylation sites (tertiary alicyclic amines) is 1. The van der Waals surface area contributed by atoms with Crippen LogP contribution < -0.4 is 0 Å². The number of hydrogen-bond donors (Lipinski definition) is 1. The van der Waals surface area contributed by atoms with E-state index >= 15 is 0 Å². The Morgan fingerprint density at radius 1 is 1.57 bits per heavy atom. The second-order valence-corrected chi connectivity index (χ2v) is 4.84. The largest absolute Gasteiger partial charge is 0.392 e. The summed E-state index contributed by atoms with van der Waals surface area (Å²) in [5.41, 5.74) is -0.196. The van der Waals surface area contributed by atoms with Gasteiger partial charge in [-0.2, -0.15) is 5.26 Å².